The van der Waals surface area contributed by atoms with Crippen molar-refractivity contribution in [3.63, 3.8) is 0 Å². The van der Waals surface area contributed by atoms with Gasteiger partial charge in [0, 0.05) is 12.2 Å². The molecule has 4 N–H and O–H groups in total. The molecule has 0 heterocycles. The number of hydrazine groups is 1. The van der Waals surface area contributed by atoms with Crippen molar-refractivity contribution in [3.8, 4) is 0 Å². The first-order chi connectivity index (χ1) is 8.94. The zero-order chi connectivity index (χ0) is 14.0. The molecule has 0 unspecified atom stereocenters. The number of hydrogen-bond donors (Lipinski definition) is 3. The van der Waals surface area contributed by atoms with Gasteiger partial charge in [0.25, 0.3) is 0 Å². The Hall–Kier alpha value is -1.11. The van der Waals surface area contributed by atoms with Gasteiger partial charge in [0.2, 0.25) is 10.0 Å². The highest BCUT2D eigenvalue weighted by Gasteiger charge is 2.23. The summed E-state index contributed by atoms with van der Waals surface area (Å²) in [5.74, 6) is 6.07. The van der Waals surface area contributed by atoms with Gasteiger partial charge in [0.05, 0.1) is 4.90 Å². The Bertz CT molecular complexity index is 542. The minimum absolute atomic E-state index is 0.363. The van der Waals surface area contributed by atoms with Gasteiger partial charge in [0.15, 0.2) is 0 Å². The number of aryl methyl sites for hydroxylation is 2. The maximum atomic E-state index is 12.3. The van der Waals surface area contributed by atoms with Gasteiger partial charge in [-0.3, -0.25) is 5.84 Å². The molecule has 0 atom stereocenters. The van der Waals surface area contributed by atoms with Crippen molar-refractivity contribution in [1.82, 2.24) is 4.72 Å². The van der Waals surface area contributed by atoms with Gasteiger partial charge < -0.3 is 5.43 Å². The van der Waals surface area contributed by atoms with E-state index in [1.54, 1.807) is 26.0 Å². The molecule has 0 saturated heterocycles. The number of nitrogens with one attached hydrogen (secondary N) is 2. The number of anilines is 1. The summed E-state index contributed by atoms with van der Waals surface area (Å²) in [5.41, 5.74) is 4.65. The second kappa shape index (κ2) is 5.48. The van der Waals surface area contributed by atoms with Crippen molar-refractivity contribution in [2.24, 2.45) is 11.8 Å². The Balaban J connectivity index is 2.18. The Labute approximate surface area is 114 Å². The van der Waals surface area contributed by atoms with Gasteiger partial charge in [0.1, 0.15) is 0 Å². The van der Waals surface area contributed by atoms with E-state index < -0.39 is 10.0 Å². The highest BCUT2D eigenvalue weighted by atomic mass is 32.2. The molecule has 0 spiro atoms. The molecule has 0 aromatic heterocycles. The molecule has 0 amide bonds. The molecular weight excluding hydrogens is 262 g/mol. The van der Waals surface area contributed by atoms with E-state index in [4.69, 9.17) is 5.84 Å². The van der Waals surface area contributed by atoms with Crippen LogP contribution in [0.2, 0.25) is 0 Å². The summed E-state index contributed by atoms with van der Waals surface area (Å²) in [7, 11) is -3.43. The lowest BCUT2D eigenvalue weighted by Crippen LogP contribution is -2.26. The molecule has 2 rings (SSSR count). The van der Waals surface area contributed by atoms with Crippen LogP contribution in [0.15, 0.2) is 17.0 Å². The first kappa shape index (κ1) is 14.3. The summed E-state index contributed by atoms with van der Waals surface area (Å²) in [5, 5.41) is 0. The van der Waals surface area contributed by atoms with Crippen LogP contribution in [-0.2, 0) is 10.0 Å². The third-order valence-electron chi connectivity index (χ3n) is 3.44. The van der Waals surface area contributed by atoms with Crippen molar-refractivity contribution in [2.45, 2.75) is 38.0 Å². The van der Waals surface area contributed by atoms with Crippen LogP contribution in [0.4, 0.5) is 5.69 Å². The van der Waals surface area contributed by atoms with E-state index in [1.807, 2.05) is 0 Å². The Morgan fingerprint density at radius 1 is 1.26 bits per heavy atom. The average molecular weight is 283 g/mol. The highest BCUT2D eigenvalue weighted by molar-refractivity contribution is 7.89. The minimum Gasteiger partial charge on any atom is -0.324 e. The van der Waals surface area contributed by atoms with E-state index >= 15 is 0 Å². The molecule has 1 fully saturated rings. The lowest BCUT2D eigenvalue weighted by molar-refractivity contribution is 0.574. The second-order valence-electron chi connectivity index (χ2n) is 5.21. The molecule has 106 valence electrons. The number of nitrogens with two attached hydrogens (primary N) is 1. The fraction of sp³-hybridized carbons (Fsp3) is 0.538. The maximum Gasteiger partial charge on any atom is 0.241 e. The number of benzene rings is 1. The number of sulfonamides is 1. The zero-order valence-electron chi connectivity index (χ0n) is 11.4. The Kier molecular flexibility index (Phi) is 4.13. The van der Waals surface area contributed by atoms with Crippen LogP contribution in [0.25, 0.3) is 0 Å². The Morgan fingerprint density at radius 3 is 2.32 bits per heavy atom. The molecule has 0 radical (unpaired) electrons. The van der Waals surface area contributed by atoms with Gasteiger partial charge in [-0.25, -0.2) is 13.1 Å². The minimum atomic E-state index is -3.43. The van der Waals surface area contributed by atoms with Crippen LogP contribution >= 0.6 is 0 Å². The van der Waals surface area contributed by atoms with Crippen LogP contribution in [0, 0.1) is 19.8 Å². The van der Waals surface area contributed by atoms with Crippen LogP contribution in [0.3, 0.4) is 0 Å². The van der Waals surface area contributed by atoms with Crippen molar-refractivity contribution >= 4 is 15.7 Å². The summed E-state index contributed by atoms with van der Waals surface area (Å²) in [4.78, 5) is 0.363. The van der Waals surface area contributed by atoms with Gasteiger partial charge in [-0.2, -0.15) is 0 Å². The lowest BCUT2D eigenvalue weighted by Gasteiger charge is -2.13. The SMILES string of the molecule is Cc1cc(NN)cc(C)c1S(=O)(=O)NCCC1CC1. The summed E-state index contributed by atoms with van der Waals surface area (Å²) >= 11 is 0. The highest BCUT2D eigenvalue weighted by Crippen LogP contribution is 2.32. The smallest absolute Gasteiger partial charge is 0.241 e. The van der Waals surface area contributed by atoms with E-state index in [-0.39, 0.29) is 0 Å². The summed E-state index contributed by atoms with van der Waals surface area (Å²) in [6, 6.07) is 3.48. The van der Waals surface area contributed by atoms with Crippen molar-refractivity contribution in [1.29, 1.82) is 0 Å². The Morgan fingerprint density at radius 2 is 1.84 bits per heavy atom. The van der Waals surface area contributed by atoms with Crippen LogP contribution in [-0.4, -0.2) is 15.0 Å². The third-order valence-corrected chi connectivity index (χ3v) is 5.20. The summed E-state index contributed by atoms with van der Waals surface area (Å²) < 4.78 is 27.3. The topological polar surface area (TPSA) is 84.2 Å². The lowest BCUT2D eigenvalue weighted by atomic mass is 10.1. The first-order valence-electron chi connectivity index (χ1n) is 6.51. The van der Waals surface area contributed by atoms with Crippen molar-refractivity contribution in [2.75, 3.05) is 12.0 Å². The number of hydrogen-bond acceptors (Lipinski definition) is 4. The zero-order valence-corrected chi connectivity index (χ0v) is 12.2. The molecule has 5 nitrogen and oxygen atoms in total. The standard InChI is InChI=1S/C13H21N3O2S/c1-9-7-12(16-14)8-10(2)13(9)19(17,18)15-6-5-11-3-4-11/h7-8,11,15-16H,3-6,14H2,1-2H3. The monoisotopic (exact) mass is 283 g/mol. The molecule has 0 bridgehead atoms. The average Bonchev–Trinajstić information content (AvgIpc) is 3.11. The van der Waals surface area contributed by atoms with Crippen molar-refractivity contribution < 1.29 is 8.42 Å². The fourth-order valence-electron chi connectivity index (χ4n) is 2.33. The number of rotatable bonds is 6. The largest absolute Gasteiger partial charge is 0.324 e. The van der Waals surface area contributed by atoms with Crippen LogP contribution < -0.4 is 16.0 Å². The maximum absolute atomic E-state index is 12.3. The van der Waals surface area contributed by atoms with Gasteiger partial charge in [-0.05, 0) is 49.4 Å². The van der Waals surface area contributed by atoms with Crippen LogP contribution in [0.5, 0.6) is 0 Å². The summed E-state index contributed by atoms with van der Waals surface area (Å²) in [6.07, 6.45) is 3.40. The molecule has 1 aliphatic carbocycles. The quantitative estimate of drug-likeness (QED) is 0.547. The molecule has 19 heavy (non-hydrogen) atoms. The van der Waals surface area contributed by atoms with Crippen molar-refractivity contribution in [3.05, 3.63) is 23.3 Å². The van der Waals surface area contributed by atoms with E-state index in [2.05, 4.69) is 10.1 Å². The molecular formula is C13H21N3O2S. The van der Waals surface area contributed by atoms with E-state index in [0.717, 1.165) is 6.42 Å². The van der Waals surface area contributed by atoms with E-state index in [9.17, 15) is 8.42 Å². The molecule has 1 aromatic rings. The first-order valence-corrected chi connectivity index (χ1v) is 8.00. The van der Waals surface area contributed by atoms with Gasteiger partial charge in [-0.1, -0.05) is 12.8 Å². The van der Waals surface area contributed by atoms with Gasteiger partial charge in [-0.15, -0.1) is 0 Å². The second-order valence-corrected chi connectivity index (χ2v) is 6.92. The van der Waals surface area contributed by atoms with E-state index in [0.29, 0.717) is 34.2 Å². The van der Waals surface area contributed by atoms with Crippen LogP contribution in [0.1, 0.15) is 30.4 Å². The van der Waals surface area contributed by atoms with Gasteiger partial charge >= 0.3 is 0 Å². The number of nitrogen functional groups attached to an aromatic ring is 1. The molecule has 0 aliphatic heterocycles. The normalized spacial score (nSPS) is 15.5. The molecule has 1 saturated carbocycles. The summed E-state index contributed by atoms with van der Waals surface area (Å²) in [6.45, 7) is 4.08. The predicted octanol–water partition coefficient (Wildman–Crippen LogP) is 1.67. The third kappa shape index (κ3) is 3.46. The molecule has 6 heteroatoms. The van der Waals surface area contributed by atoms with E-state index in [1.165, 1.54) is 12.8 Å². The predicted molar refractivity (Wildman–Crippen MR) is 76.3 cm³/mol. The molecule has 1 aliphatic rings. The molecule has 1 aromatic carbocycles. The fourth-order valence-corrected chi connectivity index (χ4v) is 3.83.